The fraction of sp³-hybridized carbons (Fsp3) is 0.0500. The van der Waals surface area contributed by atoms with Crippen molar-refractivity contribution in [2.24, 2.45) is 0 Å². The molecule has 0 saturated heterocycles. The van der Waals surface area contributed by atoms with Gasteiger partial charge in [0.1, 0.15) is 10.7 Å². The first-order valence-corrected chi connectivity index (χ1v) is 9.19. The van der Waals surface area contributed by atoms with Crippen LogP contribution >= 0.6 is 11.3 Å². The first-order chi connectivity index (χ1) is 13.1. The number of amides is 2. The number of carbonyl (C=O) groups is 2. The lowest BCUT2D eigenvalue weighted by molar-refractivity contribution is 0.0845. The number of aromatic amines is 1. The van der Waals surface area contributed by atoms with Crippen molar-refractivity contribution in [2.75, 3.05) is 0 Å². The van der Waals surface area contributed by atoms with E-state index < -0.39 is 11.8 Å². The number of hydrogen-bond donors (Lipinski definition) is 3. The molecular formula is C20H16N4O2S. The fourth-order valence-corrected chi connectivity index (χ4v) is 3.52. The Kier molecular flexibility index (Phi) is 4.43. The Bertz CT molecular complexity index is 1130. The molecule has 3 N–H and O–H groups in total. The molecule has 6 nitrogen and oxygen atoms in total. The zero-order chi connectivity index (χ0) is 18.8. The zero-order valence-electron chi connectivity index (χ0n) is 14.4. The molecule has 0 radical (unpaired) electrons. The van der Waals surface area contributed by atoms with Crippen LogP contribution in [-0.4, -0.2) is 21.8 Å². The van der Waals surface area contributed by atoms with Crippen molar-refractivity contribution in [1.82, 2.24) is 20.8 Å². The monoisotopic (exact) mass is 376 g/mol. The number of rotatable bonds is 3. The first-order valence-electron chi connectivity index (χ1n) is 8.31. The fourth-order valence-electron chi connectivity index (χ4n) is 2.71. The van der Waals surface area contributed by atoms with Gasteiger partial charge in [0.15, 0.2) is 0 Å². The number of benzene rings is 2. The van der Waals surface area contributed by atoms with Gasteiger partial charge in [0.05, 0.1) is 5.56 Å². The summed E-state index contributed by atoms with van der Waals surface area (Å²) in [4.78, 5) is 32.0. The Labute approximate surface area is 159 Å². The standard InChI is InChI=1S/C20H16N4O2S/c1-12-6-8-13(9-7-12)20-22-17(11-27-20)19(26)24-23-18(25)15-10-21-16-5-3-2-4-14(15)16/h2-11,21H,1H3,(H,23,25)(H,24,26). The van der Waals surface area contributed by atoms with Crippen LogP contribution in [0.3, 0.4) is 0 Å². The second kappa shape index (κ2) is 7.05. The third-order valence-corrected chi connectivity index (χ3v) is 5.05. The summed E-state index contributed by atoms with van der Waals surface area (Å²) in [7, 11) is 0. The summed E-state index contributed by atoms with van der Waals surface area (Å²) in [5.41, 5.74) is 8.55. The highest BCUT2D eigenvalue weighted by Crippen LogP contribution is 2.24. The lowest BCUT2D eigenvalue weighted by Gasteiger charge is -2.05. The highest BCUT2D eigenvalue weighted by atomic mass is 32.1. The summed E-state index contributed by atoms with van der Waals surface area (Å²) in [5.74, 6) is -0.854. The first kappa shape index (κ1) is 17.0. The Morgan fingerprint density at radius 2 is 1.74 bits per heavy atom. The molecule has 134 valence electrons. The van der Waals surface area contributed by atoms with Gasteiger partial charge in [0.25, 0.3) is 11.8 Å². The number of thiazole rings is 1. The molecule has 0 bridgehead atoms. The maximum absolute atomic E-state index is 12.4. The van der Waals surface area contributed by atoms with Crippen LogP contribution in [0.25, 0.3) is 21.5 Å². The predicted octanol–water partition coefficient (Wildman–Crippen LogP) is 3.67. The second-order valence-electron chi connectivity index (χ2n) is 6.06. The van der Waals surface area contributed by atoms with Crippen LogP contribution in [0.5, 0.6) is 0 Å². The Hall–Kier alpha value is -3.45. The van der Waals surface area contributed by atoms with E-state index in [9.17, 15) is 9.59 Å². The summed E-state index contributed by atoms with van der Waals surface area (Å²) in [5, 5.41) is 3.21. The molecule has 7 heteroatoms. The minimum Gasteiger partial charge on any atom is -0.360 e. The van der Waals surface area contributed by atoms with Crippen molar-refractivity contribution in [3.63, 3.8) is 0 Å². The van der Waals surface area contributed by atoms with Crippen LogP contribution in [0.4, 0.5) is 0 Å². The number of hydrazine groups is 1. The number of H-pyrrole nitrogens is 1. The summed E-state index contributed by atoms with van der Waals surface area (Å²) in [6.07, 6.45) is 1.62. The SMILES string of the molecule is Cc1ccc(-c2nc(C(=O)NNC(=O)c3c[nH]c4ccccc34)cs2)cc1. The van der Waals surface area contributed by atoms with Gasteiger partial charge in [0, 0.05) is 28.0 Å². The zero-order valence-corrected chi connectivity index (χ0v) is 15.3. The molecule has 4 rings (SSSR count). The molecule has 2 heterocycles. The molecule has 0 aliphatic rings. The largest absolute Gasteiger partial charge is 0.360 e. The number of carbonyl (C=O) groups excluding carboxylic acids is 2. The normalized spacial score (nSPS) is 10.7. The molecule has 0 unspecified atom stereocenters. The molecule has 0 fully saturated rings. The second-order valence-corrected chi connectivity index (χ2v) is 6.92. The average molecular weight is 376 g/mol. The molecule has 0 spiro atoms. The van der Waals surface area contributed by atoms with Gasteiger partial charge in [-0.3, -0.25) is 20.4 Å². The number of nitrogens with zero attached hydrogens (tertiary/aromatic N) is 1. The van der Waals surface area contributed by atoms with Crippen molar-refractivity contribution >= 4 is 34.1 Å². The maximum Gasteiger partial charge on any atom is 0.289 e. The molecule has 2 aromatic carbocycles. The number of para-hydroxylation sites is 1. The van der Waals surface area contributed by atoms with Gasteiger partial charge < -0.3 is 4.98 Å². The third-order valence-electron chi connectivity index (χ3n) is 4.16. The number of fused-ring (bicyclic) bond motifs is 1. The van der Waals surface area contributed by atoms with Crippen molar-refractivity contribution in [2.45, 2.75) is 6.92 Å². The highest BCUT2D eigenvalue weighted by molar-refractivity contribution is 7.13. The third kappa shape index (κ3) is 3.45. The molecule has 0 saturated carbocycles. The topological polar surface area (TPSA) is 86.9 Å². The van der Waals surface area contributed by atoms with E-state index in [0.29, 0.717) is 5.56 Å². The van der Waals surface area contributed by atoms with E-state index in [1.165, 1.54) is 11.3 Å². The van der Waals surface area contributed by atoms with Gasteiger partial charge in [-0.2, -0.15) is 0 Å². The van der Waals surface area contributed by atoms with E-state index in [-0.39, 0.29) is 5.69 Å². The Morgan fingerprint density at radius 1 is 1.00 bits per heavy atom. The van der Waals surface area contributed by atoms with Gasteiger partial charge in [-0.05, 0) is 13.0 Å². The summed E-state index contributed by atoms with van der Waals surface area (Å²) < 4.78 is 0. The predicted molar refractivity (Wildman–Crippen MR) is 106 cm³/mol. The van der Waals surface area contributed by atoms with Gasteiger partial charge in [-0.1, -0.05) is 48.0 Å². The Morgan fingerprint density at radius 3 is 2.56 bits per heavy atom. The van der Waals surface area contributed by atoms with Crippen LogP contribution in [0.15, 0.2) is 60.1 Å². The molecule has 0 aliphatic carbocycles. The Balaban J connectivity index is 1.44. The number of aromatic nitrogens is 2. The van der Waals surface area contributed by atoms with E-state index in [4.69, 9.17) is 0 Å². The van der Waals surface area contributed by atoms with Gasteiger partial charge >= 0.3 is 0 Å². The lowest BCUT2D eigenvalue weighted by atomic mass is 10.2. The highest BCUT2D eigenvalue weighted by Gasteiger charge is 2.15. The summed E-state index contributed by atoms with van der Waals surface area (Å²) in [6, 6.07) is 15.4. The van der Waals surface area contributed by atoms with E-state index in [0.717, 1.165) is 27.0 Å². The number of hydrogen-bond acceptors (Lipinski definition) is 4. The summed E-state index contributed by atoms with van der Waals surface area (Å²) >= 11 is 1.38. The summed E-state index contributed by atoms with van der Waals surface area (Å²) in [6.45, 7) is 2.01. The van der Waals surface area contributed by atoms with Gasteiger partial charge in [0.2, 0.25) is 0 Å². The van der Waals surface area contributed by atoms with E-state index in [2.05, 4.69) is 20.8 Å². The molecular weight excluding hydrogens is 360 g/mol. The lowest BCUT2D eigenvalue weighted by Crippen LogP contribution is -2.41. The van der Waals surface area contributed by atoms with Crippen molar-refractivity contribution in [3.8, 4) is 10.6 Å². The van der Waals surface area contributed by atoms with E-state index in [1.54, 1.807) is 11.6 Å². The number of nitrogens with one attached hydrogen (secondary N) is 3. The molecule has 27 heavy (non-hydrogen) atoms. The minimum atomic E-state index is -0.460. The minimum absolute atomic E-state index is 0.259. The van der Waals surface area contributed by atoms with Crippen LogP contribution < -0.4 is 10.9 Å². The molecule has 0 aliphatic heterocycles. The molecule has 4 aromatic rings. The smallest absolute Gasteiger partial charge is 0.289 e. The average Bonchev–Trinajstić information content (AvgIpc) is 3.34. The molecule has 2 aromatic heterocycles. The maximum atomic E-state index is 12.4. The molecule has 2 amide bonds. The van der Waals surface area contributed by atoms with Crippen molar-refractivity contribution in [1.29, 1.82) is 0 Å². The van der Waals surface area contributed by atoms with E-state index >= 15 is 0 Å². The number of aryl methyl sites for hydroxylation is 1. The van der Waals surface area contributed by atoms with Crippen LogP contribution in [0.1, 0.15) is 26.4 Å². The molecule has 0 atom stereocenters. The van der Waals surface area contributed by atoms with Crippen LogP contribution in [0.2, 0.25) is 0 Å². The van der Waals surface area contributed by atoms with Gasteiger partial charge in [-0.15, -0.1) is 11.3 Å². The van der Waals surface area contributed by atoms with Crippen molar-refractivity contribution in [3.05, 3.63) is 76.9 Å². The van der Waals surface area contributed by atoms with Gasteiger partial charge in [-0.25, -0.2) is 4.98 Å². The quantitative estimate of drug-likeness (QED) is 0.477. The van der Waals surface area contributed by atoms with E-state index in [1.807, 2.05) is 55.5 Å². The van der Waals surface area contributed by atoms with Crippen LogP contribution in [-0.2, 0) is 0 Å². The van der Waals surface area contributed by atoms with Crippen LogP contribution in [0, 0.1) is 6.92 Å². The van der Waals surface area contributed by atoms with Crippen molar-refractivity contribution < 1.29 is 9.59 Å².